The van der Waals surface area contributed by atoms with Crippen molar-refractivity contribution in [3.63, 3.8) is 0 Å². The highest BCUT2D eigenvalue weighted by molar-refractivity contribution is 7.14. The maximum absolute atomic E-state index is 12.0. The summed E-state index contributed by atoms with van der Waals surface area (Å²) >= 11 is 1.40. The Morgan fingerprint density at radius 3 is 3.05 bits per heavy atom. The number of rotatable bonds is 3. The minimum atomic E-state index is -0.180. The lowest BCUT2D eigenvalue weighted by molar-refractivity contribution is 0.0946. The quantitative estimate of drug-likeness (QED) is 0.793. The highest BCUT2D eigenvalue weighted by Gasteiger charge is 2.11. The Kier molecular flexibility index (Phi) is 3.00. The molecule has 1 N–H and O–H groups in total. The van der Waals surface area contributed by atoms with E-state index < -0.39 is 0 Å². The van der Waals surface area contributed by atoms with E-state index in [1.165, 1.54) is 11.3 Å². The van der Waals surface area contributed by atoms with E-state index in [1.807, 2.05) is 31.2 Å². The average Bonchev–Trinajstić information content (AvgIpc) is 2.98. The lowest BCUT2D eigenvalue weighted by Gasteiger charge is -2.06. The summed E-state index contributed by atoms with van der Waals surface area (Å²) in [5.41, 5.74) is 4.36. The first kappa shape index (κ1) is 11.9. The van der Waals surface area contributed by atoms with Gasteiger partial charge in [-0.05, 0) is 18.1 Å². The lowest BCUT2D eigenvalue weighted by Crippen LogP contribution is -2.23. The number of nitrogens with zero attached hydrogens (tertiary/aromatic N) is 3. The molecular weight excluding hydrogens is 260 g/mol. The number of benzene rings is 1. The van der Waals surface area contributed by atoms with Crippen LogP contribution in [0.2, 0.25) is 0 Å². The molecule has 0 bridgehead atoms. The van der Waals surface area contributed by atoms with Crippen LogP contribution >= 0.6 is 11.3 Å². The molecule has 0 spiro atoms. The number of nitrogens with one attached hydrogen (secondary N) is 1. The molecule has 1 amide bonds. The second kappa shape index (κ2) is 4.81. The Morgan fingerprint density at radius 1 is 1.42 bits per heavy atom. The van der Waals surface area contributed by atoms with Crippen LogP contribution in [0.25, 0.3) is 4.96 Å². The largest absolute Gasteiger partial charge is 0.347 e. The zero-order valence-corrected chi connectivity index (χ0v) is 11.1. The van der Waals surface area contributed by atoms with E-state index in [0.717, 1.165) is 16.1 Å². The standard InChI is InChI=1S/C13H12N4OS/c1-9-4-2-3-5-10(9)6-14-12(18)11-7-17-13(16-11)19-8-15-17/h2-5,7-8H,6H2,1H3,(H,14,18). The SMILES string of the molecule is Cc1ccccc1CNC(=O)c1cn2ncsc2n1. The predicted octanol–water partition coefficient (Wildman–Crippen LogP) is 2.03. The first-order valence-corrected chi connectivity index (χ1v) is 6.73. The number of hydrogen-bond acceptors (Lipinski definition) is 4. The summed E-state index contributed by atoms with van der Waals surface area (Å²) in [7, 11) is 0. The van der Waals surface area contributed by atoms with Crippen molar-refractivity contribution in [1.82, 2.24) is 19.9 Å². The molecule has 0 aliphatic heterocycles. The molecule has 2 heterocycles. The Balaban J connectivity index is 1.72. The van der Waals surface area contributed by atoms with E-state index in [9.17, 15) is 4.79 Å². The zero-order valence-electron chi connectivity index (χ0n) is 10.3. The van der Waals surface area contributed by atoms with Gasteiger partial charge in [0, 0.05) is 6.54 Å². The molecule has 0 saturated carbocycles. The van der Waals surface area contributed by atoms with Crippen LogP contribution < -0.4 is 5.32 Å². The van der Waals surface area contributed by atoms with Crippen LogP contribution in [0.1, 0.15) is 21.6 Å². The van der Waals surface area contributed by atoms with Crippen molar-refractivity contribution < 1.29 is 4.79 Å². The molecular formula is C13H12N4OS. The van der Waals surface area contributed by atoms with Crippen molar-refractivity contribution in [2.75, 3.05) is 0 Å². The minimum Gasteiger partial charge on any atom is -0.347 e. The summed E-state index contributed by atoms with van der Waals surface area (Å²) in [5, 5.41) is 6.92. The van der Waals surface area contributed by atoms with Gasteiger partial charge in [0.1, 0.15) is 11.2 Å². The second-order valence-corrected chi connectivity index (χ2v) is 5.01. The monoisotopic (exact) mass is 272 g/mol. The number of amides is 1. The normalized spacial score (nSPS) is 10.8. The molecule has 19 heavy (non-hydrogen) atoms. The van der Waals surface area contributed by atoms with Crippen molar-refractivity contribution >= 4 is 22.2 Å². The number of aryl methyl sites for hydroxylation is 1. The van der Waals surface area contributed by atoms with E-state index in [2.05, 4.69) is 15.4 Å². The first-order valence-electron chi connectivity index (χ1n) is 5.85. The summed E-state index contributed by atoms with van der Waals surface area (Å²) < 4.78 is 1.60. The summed E-state index contributed by atoms with van der Waals surface area (Å²) in [6, 6.07) is 7.97. The molecule has 5 nitrogen and oxygen atoms in total. The van der Waals surface area contributed by atoms with E-state index in [0.29, 0.717) is 12.2 Å². The van der Waals surface area contributed by atoms with Crippen molar-refractivity contribution in [3.8, 4) is 0 Å². The van der Waals surface area contributed by atoms with Gasteiger partial charge in [0.2, 0.25) is 4.96 Å². The molecule has 2 aromatic heterocycles. The number of aromatic nitrogens is 3. The van der Waals surface area contributed by atoms with Gasteiger partial charge in [0.15, 0.2) is 0 Å². The van der Waals surface area contributed by atoms with Crippen molar-refractivity contribution in [2.24, 2.45) is 0 Å². The van der Waals surface area contributed by atoms with E-state index >= 15 is 0 Å². The minimum absolute atomic E-state index is 0.180. The summed E-state index contributed by atoms with van der Waals surface area (Å²) in [6.45, 7) is 2.53. The Bertz CT molecular complexity index is 702. The molecule has 0 unspecified atom stereocenters. The first-order chi connectivity index (χ1) is 9.24. The predicted molar refractivity (Wildman–Crippen MR) is 73.2 cm³/mol. The third-order valence-corrected chi connectivity index (χ3v) is 3.61. The topological polar surface area (TPSA) is 59.3 Å². The van der Waals surface area contributed by atoms with Crippen LogP contribution in [0.5, 0.6) is 0 Å². The smallest absolute Gasteiger partial charge is 0.271 e. The van der Waals surface area contributed by atoms with Gasteiger partial charge in [-0.2, -0.15) is 5.10 Å². The van der Waals surface area contributed by atoms with Gasteiger partial charge in [0.05, 0.1) is 6.20 Å². The molecule has 6 heteroatoms. The van der Waals surface area contributed by atoms with Crippen LogP contribution in [0.3, 0.4) is 0 Å². The summed E-state index contributed by atoms with van der Waals surface area (Å²) in [5.74, 6) is -0.180. The van der Waals surface area contributed by atoms with Crippen LogP contribution in [-0.4, -0.2) is 20.5 Å². The molecule has 96 valence electrons. The van der Waals surface area contributed by atoms with Crippen molar-refractivity contribution in [3.05, 3.63) is 52.8 Å². The second-order valence-electron chi connectivity index (χ2n) is 4.20. The zero-order chi connectivity index (χ0) is 13.2. The third-order valence-electron chi connectivity index (χ3n) is 2.92. The van der Waals surface area contributed by atoms with Crippen LogP contribution in [0.4, 0.5) is 0 Å². The molecule has 0 aliphatic carbocycles. The van der Waals surface area contributed by atoms with Crippen LogP contribution in [0, 0.1) is 6.92 Å². The molecule has 0 saturated heterocycles. The maximum Gasteiger partial charge on any atom is 0.271 e. The van der Waals surface area contributed by atoms with Gasteiger partial charge >= 0.3 is 0 Å². The van der Waals surface area contributed by atoms with Crippen molar-refractivity contribution in [2.45, 2.75) is 13.5 Å². The Labute approximate surface area is 113 Å². The van der Waals surface area contributed by atoms with E-state index in [-0.39, 0.29) is 5.91 Å². The molecule has 0 aliphatic rings. The van der Waals surface area contributed by atoms with Gasteiger partial charge in [-0.3, -0.25) is 4.79 Å². The Hall–Kier alpha value is -2.21. The number of imidazole rings is 1. The molecule has 3 aromatic rings. The van der Waals surface area contributed by atoms with E-state index in [1.54, 1.807) is 16.2 Å². The number of carbonyl (C=O) groups excluding carboxylic acids is 1. The third kappa shape index (κ3) is 2.34. The maximum atomic E-state index is 12.0. The van der Waals surface area contributed by atoms with Gasteiger partial charge in [-0.25, -0.2) is 9.50 Å². The van der Waals surface area contributed by atoms with Gasteiger partial charge in [-0.1, -0.05) is 35.6 Å². The van der Waals surface area contributed by atoms with Crippen LogP contribution in [0.15, 0.2) is 36.0 Å². The fourth-order valence-electron chi connectivity index (χ4n) is 1.82. The summed E-state index contributed by atoms with van der Waals surface area (Å²) in [6.07, 6.45) is 1.64. The van der Waals surface area contributed by atoms with Gasteiger partial charge in [0.25, 0.3) is 5.91 Å². The fraction of sp³-hybridized carbons (Fsp3) is 0.154. The summed E-state index contributed by atoms with van der Waals surface area (Å²) in [4.78, 5) is 16.9. The average molecular weight is 272 g/mol. The molecule has 0 atom stereocenters. The molecule has 3 rings (SSSR count). The molecule has 0 radical (unpaired) electrons. The Morgan fingerprint density at radius 2 is 2.26 bits per heavy atom. The lowest BCUT2D eigenvalue weighted by atomic mass is 10.1. The van der Waals surface area contributed by atoms with Gasteiger partial charge < -0.3 is 5.32 Å². The van der Waals surface area contributed by atoms with E-state index in [4.69, 9.17) is 0 Å². The molecule has 0 fully saturated rings. The van der Waals surface area contributed by atoms with Gasteiger partial charge in [-0.15, -0.1) is 0 Å². The number of hydrogen-bond donors (Lipinski definition) is 1. The highest BCUT2D eigenvalue weighted by Crippen LogP contribution is 2.10. The molecule has 1 aromatic carbocycles. The highest BCUT2D eigenvalue weighted by atomic mass is 32.1. The van der Waals surface area contributed by atoms with Crippen molar-refractivity contribution in [1.29, 1.82) is 0 Å². The fourth-order valence-corrected chi connectivity index (χ4v) is 2.42. The number of carbonyl (C=O) groups is 1. The number of fused-ring (bicyclic) bond motifs is 1. The van der Waals surface area contributed by atoms with Crippen LogP contribution in [-0.2, 0) is 6.54 Å².